The van der Waals surface area contributed by atoms with E-state index in [0.717, 1.165) is 37.3 Å². The summed E-state index contributed by atoms with van der Waals surface area (Å²) < 4.78 is 31.9. The molecular weight excluding hydrogens is 522 g/mol. The van der Waals surface area contributed by atoms with Gasteiger partial charge in [0, 0.05) is 49.5 Å². The Morgan fingerprint density at radius 1 is 0.976 bits per heavy atom. The quantitative estimate of drug-likeness (QED) is 0.285. The van der Waals surface area contributed by atoms with Gasteiger partial charge in [0.25, 0.3) is 0 Å². The first kappa shape index (κ1) is 27.7. The number of halogens is 2. The lowest BCUT2D eigenvalue weighted by molar-refractivity contribution is 0.135. The first-order valence-corrected chi connectivity index (χ1v) is 14.6. The van der Waals surface area contributed by atoms with Crippen LogP contribution in [0.5, 0.6) is 0 Å². The molecular formula is C31H38F2N8. The molecule has 8 nitrogen and oxygen atoms in total. The van der Waals surface area contributed by atoms with E-state index >= 15 is 4.39 Å². The largest absolute Gasteiger partial charge is 0.326 e. The number of piperidine rings is 1. The van der Waals surface area contributed by atoms with Crippen molar-refractivity contribution >= 4 is 22.8 Å². The first-order chi connectivity index (χ1) is 19.7. The number of aryl methyl sites for hydroxylation is 1. The van der Waals surface area contributed by atoms with E-state index in [1.54, 1.807) is 6.07 Å². The summed E-state index contributed by atoms with van der Waals surface area (Å²) in [6.45, 7) is 14.9. The molecule has 6 heterocycles. The molecule has 3 aliphatic rings. The van der Waals surface area contributed by atoms with E-state index in [1.165, 1.54) is 25.5 Å². The number of benzene rings is 1. The predicted octanol–water partition coefficient (Wildman–Crippen LogP) is 6.28. The van der Waals surface area contributed by atoms with Crippen LogP contribution in [0.25, 0.3) is 22.3 Å². The minimum atomic E-state index is -0.633. The second-order valence-corrected chi connectivity index (χ2v) is 11.8. The summed E-state index contributed by atoms with van der Waals surface area (Å²) in [7, 11) is 0. The molecule has 3 atom stereocenters. The second-order valence-electron chi connectivity index (χ2n) is 11.8. The lowest BCUT2D eigenvalue weighted by Crippen LogP contribution is -2.43. The van der Waals surface area contributed by atoms with Gasteiger partial charge in [0.05, 0.1) is 11.7 Å². The highest BCUT2D eigenvalue weighted by atomic mass is 19.1. The average molecular weight is 561 g/mol. The van der Waals surface area contributed by atoms with E-state index in [0.29, 0.717) is 28.8 Å². The fraction of sp³-hybridized carbons (Fsp3) is 0.484. The third kappa shape index (κ3) is 5.30. The molecule has 4 aromatic rings. The maximum Gasteiger partial charge on any atom is 0.229 e. The summed E-state index contributed by atoms with van der Waals surface area (Å²) in [6.07, 6.45) is 5.58. The van der Waals surface area contributed by atoms with Crippen LogP contribution in [-0.2, 0) is 0 Å². The summed E-state index contributed by atoms with van der Waals surface area (Å²) in [6, 6.07) is 7.95. The fourth-order valence-corrected chi connectivity index (χ4v) is 6.66. The van der Waals surface area contributed by atoms with Gasteiger partial charge in [-0.25, -0.2) is 28.7 Å². The Kier molecular flexibility index (Phi) is 7.46. The Morgan fingerprint density at radius 3 is 2.54 bits per heavy atom. The molecule has 10 heteroatoms. The number of fused-ring (bicyclic) bond motifs is 5. The fourth-order valence-electron chi connectivity index (χ4n) is 6.66. The van der Waals surface area contributed by atoms with Crippen molar-refractivity contribution in [1.29, 1.82) is 0 Å². The van der Waals surface area contributed by atoms with Crippen LogP contribution in [-0.4, -0.2) is 66.5 Å². The number of hydrogen-bond donors (Lipinski definition) is 1. The van der Waals surface area contributed by atoms with Gasteiger partial charge in [-0.2, -0.15) is 0 Å². The van der Waals surface area contributed by atoms with Gasteiger partial charge in [0.15, 0.2) is 11.6 Å². The highest BCUT2D eigenvalue weighted by Gasteiger charge is 2.35. The average Bonchev–Trinajstić information content (AvgIpc) is 3.08. The molecule has 0 amide bonds. The number of likely N-dealkylation sites (N-methyl/N-ethyl adjacent to an activating group) is 1. The molecule has 2 bridgehead atoms. The normalized spacial score (nSPS) is 20.6. The molecule has 0 unspecified atom stereocenters. The molecule has 0 aliphatic carbocycles. The lowest BCUT2D eigenvalue weighted by Gasteiger charge is -2.35. The van der Waals surface area contributed by atoms with Crippen LogP contribution in [0.2, 0.25) is 0 Å². The van der Waals surface area contributed by atoms with Gasteiger partial charge in [-0.1, -0.05) is 13.0 Å². The van der Waals surface area contributed by atoms with Crippen LogP contribution < -0.4 is 5.32 Å². The van der Waals surface area contributed by atoms with E-state index in [4.69, 9.17) is 0 Å². The Labute approximate surface area is 239 Å². The smallest absolute Gasteiger partial charge is 0.229 e. The zero-order chi connectivity index (χ0) is 28.8. The van der Waals surface area contributed by atoms with Gasteiger partial charge in [-0.3, -0.25) is 9.80 Å². The van der Waals surface area contributed by atoms with E-state index in [1.807, 2.05) is 37.6 Å². The van der Waals surface area contributed by atoms with Crippen LogP contribution >= 0.6 is 0 Å². The van der Waals surface area contributed by atoms with Crippen LogP contribution in [0.3, 0.4) is 0 Å². The number of imidazole rings is 1. The van der Waals surface area contributed by atoms with Crippen molar-refractivity contribution in [3.05, 3.63) is 59.7 Å². The summed E-state index contributed by atoms with van der Waals surface area (Å²) in [5.41, 5.74) is 2.36. The molecule has 3 aliphatic heterocycles. The number of rotatable bonds is 7. The standard InChI is InChI=1S/C31H38F2N8/c1-6-39-15-21-7-9-24(39)17-40(16-21)19(4)22-8-10-28(34-13-22)37-31-35-14-26(33)29(38-31)23-11-25(32)30-27(12-23)41(18(2)3)20(5)36-30/h8,10-14,18-19,21,24H,6-7,9,15-17H2,1-5H3,(H,34,35,37,38)/t19-,21+,24+/m0/s1. The van der Waals surface area contributed by atoms with E-state index in [9.17, 15) is 4.39 Å². The molecule has 1 N–H and O–H groups in total. The SMILES string of the molecule is CCN1C[C@H]2CC[C@@H]1CN([C@@H](C)c1ccc(Nc3ncc(F)c(-c4cc(F)c5nc(C)n(C(C)C)c5c4)n3)nc1)C2. The van der Waals surface area contributed by atoms with Crippen LogP contribution in [0.15, 0.2) is 36.7 Å². The topological polar surface area (TPSA) is 75.0 Å². The third-order valence-corrected chi connectivity index (χ3v) is 8.78. The zero-order valence-electron chi connectivity index (χ0n) is 24.4. The lowest BCUT2D eigenvalue weighted by atomic mass is 9.95. The molecule has 216 valence electrons. The summed E-state index contributed by atoms with van der Waals surface area (Å²) >= 11 is 0. The van der Waals surface area contributed by atoms with Crippen molar-refractivity contribution in [1.82, 2.24) is 34.3 Å². The summed E-state index contributed by atoms with van der Waals surface area (Å²) in [5, 5.41) is 3.09. The number of hydrogen-bond acceptors (Lipinski definition) is 7. The second kappa shape index (κ2) is 11.1. The molecule has 41 heavy (non-hydrogen) atoms. The van der Waals surface area contributed by atoms with Crippen LogP contribution in [0, 0.1) is 24.5 Å². The number of nitrogens with zero attached hydrogens (tertiary/aromatic N) is 7. The first-order valence-electron chi connectivity index (χ1n) is 14.6. The van der Waals surface area contributed by atoms with Crippen molar-refractivity contribution in [2.24, 2.45) is 5.92 Å². The van der Waals surface area contributed by atoms with Gasteiger partial charge in [-0.05, 0) is 76.8 Å². The predicted molar refractivity (Wildman–Crippen MR) is 157 cm³/mol. The highest BCUT2D eigenvalue weighted by Crippen LogP contribution is 2.33. The maximum atomic E-state index is 15.0. The monoisotopic (exact) mass is 560 g/mol. The van der Waals surface area contributed by atoms with Crippen molar-refractivity contribution in [3.63, 3.8) is 0 Å². The molecule has 3 aromatic heterocycles. The number of nitrogens with one attached hydrogen (secondary N) is 1. The summed E-state index contributed by atoms with van der Waals surface area (Å²) in [4.78, 5) is 22.7. The van der Waals surface area contributed by atoms with Gasteiger partial charge < -0.3 is 9.88 Å². The van der Waals surface area contributed by atoms with Crippen molar-refractivity contribution in [2.45, 2.75) is 65.6 Å². The van der Waals surface area contributed by atoms with Crippen molar-refractivity contribution in [3.8, 4) is 11.3 Å². The van der Waals surface area contributed by atoms with Gasteiger partial charge in [0.2, 0.25) is 5.95 Å². The Bertz CT molecular complexity index is 1550. The molecule has 3 fully saturated rings. The number of anilines is 2. The Hall–Kier alpha value is -3.50. The molecule has 7 rings (SSSR count). The molecule has 0 saturated carbocycles. The van der Waals surface area contributed by atoms with Gasteiger partial charge in [-0.15, -0.1) is 0 Å². The maximum absolute atomic E-state index is 15.0. The molecule has 1 aromatic carbocycles. The Balaban J connectivity index is 1.21. The minimum Gasteiger partial charge on any atom is -0.326 e. The highest BCUT2D eigenvalue weighted by molar-refractivity contribution is 5.83. The van der Waals surface area contributed by atoms with E-state index in [2.05, 4.69) is 55.0 Å². The molecule has 0 spiro atoms. The third-order valence-electron chi connectivity index (χ3n) is 8.78. The van der Waals surface area contributed by atoms with Gasteiger partial charge in [0.1, 0.15) is 22.9 Å². The Morgan fingerprint density at radius 2 is 1.80 bits per heavy atom. The summed E-state index contributed by atoms with van der Waals surface area (Å²) in [5.74, 6) is 1.02. The van der Waals surface area contributed by atoms with Crippen LogP contribution in [0.4, 0.5) is 20.5 Å². The number of aromatic nitrogens is 5. The zero-order valence-corrected chi connectivity index (χ0v) is 24.4. The minimum absolute atomic E-state index is 0.0135. The number of pyridine rings is 1. The van der Waals surface area contributed by atoms with Crippen LogP contribution in [0.1, 0.15) is 64.0 Å². The van der Waals surface area contributed by atoms with E-state index < -0.39 is 11.6 Å². The van der Waals surface area contributed by atoms with Gasteiger partial charge >= 0.3 is 0 Å². The molecule has 0 radical (unpaired) electrons. The van der Waals surface area contributed by atoms with Crippen molar-refractivity contribution < 1.29 is 8.78 Å². The van der Waals surface area contributed by atoms with E-state index in [-0.39, 0.29) is 29.2 Å². The van der Waals surface area contributed by atoms with Crippen molar-refractivity contribution in [2.75, 3.05) is 31.5 Å². The molecule has 3 saturated heterocycles.